The molecule has 1 aliphatic rings. The van der Waals surface area contributed by atoms with Gasteiger partial charge >= 0.3 is 0 Å². The smallest absolute Gasteiger partial charge is 0.227 e. The zero-order valence-electron chi connectivity index (χ0n) is 12.9. The molecule has 2 rings (SSSR count). The van der Waals surface area contributed by atoms with Gasteiger partial charge in [0.1, 0.15) is 5.82 Å². The number of rotatable bonds is 4. The Hall–Kier alpha value is -1.46. The average molecular weight is 293 g/mol. The van der Waals surface area contributed by atoms with E-state index >= 15 is 0 Å². The number of nitrogens with two attached hydrogens (primary N) is 1. The Morgan fingerprint density at radius 1 is 1.43 bits per heavy atom. The van der Waals surface area contributed by atoms with Crippen molar-refractivity contribution in [2.24, 2.45) is 11.1 Å². The molecule has 1 amide bonds. The molecular formula is C16H24FN3O. The number of halogens is 1. The summed E-state index contributed by atoms with van der Waals surface area (Å²) in [4.78, 5) is 14.3. The first-order chi connectivity index (χ1) is 9.87. The lowest BCUT2D eigenvalue weighted by atomic mass is 9.88. The van der Waals surface area contributed by atoms with Crippen LogP contribution in [0.5, 0.6) is 0 Å². The van der Waals surface area contributed by atoms with Gasteiger partial charge in [0.05, 0.1) is 5.41 Å². The number of benzene rings is 1. The highest BCUT2D eigenvalue weighted by atomic mass is 19.1. The van der Waals surface area contributed by atoms with Crippen molar-refractivity contribution in [1.82, 2.24) is 10.2 Å². The van der Waals surface area contributed by atoms with E-state index in [2.05, 4.69) is 10.2 Å². The van der Waals surface area contributed by atoms with Gasteiger partial charge in [0, 0.05) is 25.7 Å². The minimum atomic E-state index is -0.387. The molecule has 116 valence electrons. The van der Waals surface area contributed by atoms with Gasteiger partial charge in [-0.3, -0.25) is 9.69 Å². The summed E-state index contributed by atoms with van der Waals surface area (Å²) in [5, 5.41) is 2.74. The molecule has 21 heavy (non-hydrogen) atoms. The number of hydrogen-bond acceptors (Lipinski definition) is 3. The molecule has 0 bridgehead atoms. The molecule has 0 spiro atoms. The monoisotopic (exact) mass is 293 g/mol. The normalized spacial score (nSPS) is 25.6. The highest BCUT2D eigenvalue weighted by Gasteiger charge is 2.42. The molecule has 4 nitrogen and oxygen atoms in total. The maximum absolute atomic E-state index is 13.1. The maximum Gasteiger partial charge on any atom is 0.227 e. The summed E-state index contributed by atoms with van der Waals surface area (Å²) in [6.45, 7) is 5.40. The first-order valence-electron chi connectivity index (χ1n) is 7.34. The van der Waals surface area contributed by atoms with Gasteiger partial charge < -0.3 is 11.1 Å². The van der Waals surface area contributed by atoms with Crippen LogP contribution in [0.25, 0.3) is 0 Å². The second-order valence-electron chi connectivity index (χ2n) is 6.22. The summed E-state index contributed by atoms with van der Waals surface area (Å²) in [5.74, 6) is -0.189. The van der Waals surface area contributed by atoms with Gasteiger partial charge in [-0.1, -0.05) is 12.1 Å². The Balaban J connectivity index is 2.21. The van der Waals surface area contributed by atoms with Crippen molar-refractivity contribution in [2.75, 3.05) is 20.1 Å². The van der Waals surface area contributed by atoms with Crippen LogP contribution in [0.4, 0.5) is 4.39 Å². The maximum atomic E-state index is 13.1. The summed E-state index contributed by atoms with van der Waals surface area (Å²) in [7, 11) is 1.67. The molecule has 3 unspecified atom stereocenters. The SMILES string of the molecule is CNC(=O)C1(C)CCN(C(c2ccc(F)cc2)C(C)N)C1. The highest BCUT2D eigenvalue weighted by molar-refractivity contribution is 5.82. The van der Waals surface area contributed by atoms with E-state index in [4.69, 9.17) is 5.73 Å². The molecule has 0 radical (unpaired) electrons. The van der Waals surface area contributed by atoms with Gasteiger partial charge in [0.25, 0.3) is 0 Å². The molecule has 0 saturated carbocycles. The largest absolute Gasteiger partial charge is 0.359 e. The van der Waals surface area contributed by atoms with Crippen LogP contribution < -0.4 is 11.1 Å². The van der Waals surface area contributed by atoms with Gasteiger partial charge in [-0.2, -0.15) is 0 Å². The number of carbonyl (C=O) groups excluding carboxylic acids is 1. The number of nitrogens with one attached hydrogen (secondary N) is 1. The van der Waals surface area contributed by atoms with Crippen LogP contribution in [0.3, 0.4) is 0 Å². The second kappa shape index (κ2) is 6.12. The summed E-state index contributed by atoms with van der Waals surface area (Å²) in [5.41, 5.74) is 6.75. The van der Waals surface area contributed by atoms with Crippen molar-refractivity contribution in [3.8, 4) is 0 Å². The summed E-state index contributed by atoms with van der Waals surface area (Å²) < 4.78 is 13.1. The fourth-order valence-corrected chi connectivity index (χ4v) is 3.23. The third-order valence-corrected chi connectivity index (χ3v) is 4.38. The van der Waals surface area contributed by atoms with Crippen molar-refractivity contribution in [1.29, 1.82) is 0 Å². The Morgan fingerprint density at radius 2 is 2.05 bits per heavy atom. The topological polar surface area (TPSA) is 58.4 Å². The van der Waals surface area contributed by atoms with Gasteiger partial charge in [-0.25, -0.2) is 4.39 Å². The zero-order valence-corrected chi connectivity index (χ0v) is 12.9. The van der Waals surface area contributed by atoms with E-state index in [1.807, 2.05) is 13.8 Å². The number of carbonyl (C=O) groups is 1. The van der Waals surface area contributed by atoms with E-state index in [1.54, 1.807) is 19.2 Å². The van der Waals surface area contributed by atoms with Crippen LogP contribution in [0.2, 0.25) is 0 Å². The van der Waals surface area contributed by atoms with Crippen molar-refractivity contribution >= 4 is 5.91 Å². The van der Waals surface area contributed by atoms with E-state index in [0.717, 1.165) is 18.5 Å². The van der Waals surface area contributed by atoms with Crippen LogP contribution >= 0.6 is 0 Å². The van der Waals surface area contributed by atoms with E-state index in [0.29, 0.717) is 6.54 Å². The van der Waals surface area contributed by atoms with Crippen molar-refractivity contribution in [3.05, 3.63) is 35.6 Å². The minimum absolute atomic E-state index is 0.00270. The zero-order chi connectivity index (χ0) is 15.6. The molecule has 1 aliphatic heterocycles. The Morgan fingerprint density at radius 3 is 2.57 bits per heavy atom. The molecule has 1 saturated heterocycles. The molecule has 3 N–H and O–H groups in total. The van der Waals surface area contributed by atoms with Crippen LogP contribution in [-0.4, -0.2) is 37.0 Å². The fraction of sp³-hybridized carbons (Fsp3) is 0.562. The number of amides is 1. The number of likely N-dealkylation sites (tertiary alicyclic amines) is 1. The molecule has 1 aromatic rings. The lowest BCUT2D eigenvalue weighted by Crippen LogP contribution is -2.42. The molecular weight excluding hydrogens is 269 g/mol. The Bertz CT molecular complexity index is 503. The Kier molecular flexibility index (Phi) is 4.64. The molecule has 0 aliphatic carbocycles. The fourth-order valence-electron chi connectivity index (χ4n) is 3.23. The van der Waals surface area contributed by atoms with E-state index in [9.17, 15) is 9.18 Å². The van der Waals surface area contributed by atoms with Gasteiger partial charge in [0.2, 0.25) is 5.91 Å². The van der Waals surface area contributed by atoms with Crippen LogP contribution in [0.15, 0.2) is 24.3 Å². The molecule has 3 atom stereocenters. The standard InChI is InChI=1S/C16H24FN3O/c1-11(18)14(12-4-6-13(17)7-5-12)20-9-8-16(2,10-20)15(21)19-3/h4-7,11,14H,8-10,18H2,1-3H3,(H,19,21). The average Bonchev–Trinajstić information content (AvgIpc) is 2.83. The van der Waals surface area contributed by atoms with Gasteiger partial charge in [0.15, 0.2) is 0 Å². The molecule has 5 heteroatoms. The third kappa shape index (κ3) is 3.24. The van der Waals surface area contributed by atoms with E-state index in [1.165, 1.54) is 12.1 Å². The predicted molar refractivity (Wildman–Crippen MR) is 81.2 cm³/mol. The molecule has 1 heterocycles. The summed E-state index contributed by atoms with van der Waals surface area (Å²) in [6.07, 6.45) is 0.803. The predicted octanol–water partition coefficient (Wildman–Crippen LogP) is 1.67. The van der Waals surface area contributed by atoms with Gasteiger partial charge in [-0.15, -0.1) is 0 Å². The lowest BCUT2D eigenvalue weighted by Gasteiger charge is -2.32. The van der Waals surface area contributed by atoms with Crippen molar-refractivity contribution in [3.63, 3.8) is 0 Å². The Labute approximate surface area is 125 Å². The minimum Gasteiger partial charge on any atom is -0.359 e. The first kappa shape index (κ1) is 15.9. The van der Waals surface area contributed by atoms with Crippen LogP contribution in [-0.2, 0) is 4.79 Å². The van der Waals surface area contributed by atoms with Crippen LogP contribution in [0, 0.1) is 11.2 Å². The number of nitrogens with zero attached hydrogens (tertiary/aromatic N) is 1. The quantitative estimate of drug-likeness (QED) is 0.888. The van der Waals surface area contributed by atoms with Crippen molar-refractivity contribution in [2.45, 2.75) is 32.4 Å². The summed E-state index contributed by atoms with van der Waals surface area (Å²) in [6, 6.07) is 6.37. The number of hydrogen-bond donors (Lipinski definition) is 2. The lowest BCUT2D eigenvalue weighted by molar-refractivity contribution is -0.129. The molecule has 1 aromatic carbocycles. The second-order valence-corrected chi connectivity index (χ2v) is 6.22. The highest BCUT2D eigenvalue weighted by Crippen LogP contribution is 2.36. The van der Waals surface area contributed by atoms with Crippen LogP contribution in [0.1, 0.15) is 31.9 Å². The molecule has 0 aromatic heterocycles. The third-order valence-electron chi connectivity index (χ3n) is 4.38. The first-order valence-corrected chi connectivity index (χ1v) is 7.34. The van der Waals surface area contributed by atoms with Crippen molar-refractivity contribution < 1.29 is 9.18 Å². The van der Waals surface area contributed by atoms with E-state index < -0.39 is 0 Å². The van der Waals surface area contributed by atoms with E-state index in [-0.39, 0.29) is 29.2 Å². The summed E-state index contributed by atoms with van der Waals surface area (Å²) >= 11 is 0. The molecule has 1 fully saturated rings. The van der Waals surface area contributed by atoms with Gasteiger partial charge in [-0.05, 0) is 44.5 Å².